The first-order chi connectivity index (χ1) is 12.3. The normalized spacial score (nSPS) is 19.1. The SMILES string of the molecule is O=C(CN1CCN(S(=O)(=O)c2cccc(Cl)c2)CC1)NC(=O)NC1CC1. The van der Waals surface area contributed by atoms with Gasteiger partial charge in [-0.25, -0.2) is 13.2 Å². The number of carbonyl (C=O) groups excluding carboxylic acids is 2. The van der Waals surface area contributed by atoms with E-state index in [1.54, 1.807) is 12.1 Å². The van der Waals surface area contributed by atoms with Crippen LogP contribution in [-0.4, -0.2) is 68.3 Å². The molecule has 2 aliphatic rings. The first kappa shape index (κ1) is 19.1. The Morgan fingerprint density at radius 1 is 1.15 bits per heavy atom. The predicted molar refractivity (Wildman–Crippen MR) is 96.3 cm³/mol. The lowest BCUT2D eigenvalue weighted by Crippen LogP contribution is -2.52. The Balaban J connectivity index is 1.49. The molecule has 2 fully saturated rings. The van der Waals surface area contributed by atoms with Gasteiger partial charge in [0.25, 0.3) is 0 Å². The largest absolute Gasteiger partial charge is 0.335 e. The molecule has 8 nitrogen and oxygen atoms in total. The van der Waals surface area contributed by atoms with E-state index in [-0.39, 0.29) is 30.6 Å². The number of piperazine rings is 1. The molecule has 1 aromatic carbocycles. The van der Waals surface area contributed by atoms with E-state index in [4.69, 9.17) is 11.6 Å². The first-order valence-corrected chi connectivity index (χ1v) is 10.2. The van der Waals surface area contributed by atoms with Crippen molar-refractivity contribution in [2.45, 2.75) is 23.8 Å². The lowest BCUT2D eigenvalue weighted by molar-refractivity contribution is -0.121. The molecule has 0 atom stereocenters. The van der Waals surface area contributed by atoms with Crippen LogP contribution in [0.15, 0.2) is 29.2 Å². The molecule has 1 saturated heterocycles. The number of benzene rings is 1. The second kappa shape index (κ2) is 7.91. The maximum absolute atomic E-state index is 12.6. The van der Waals surface area contributed by atoms with Crippen molar-refractivity contribution in [2.24, 2.45) is 0 Å². The van der Waals surface area contributed by atoms with Gasteiger partial charge in [-0.05, 0) is 31.0 Å². The van der Waals surface area contributed by atoms with Gasteiger partial charge >= 0.3 is 6.03 Å². The third kappa shape index (κ3) is 4.94. The van der Waals surface area contributed by atoms with Gasteiger partial charge in [-0.2, -0.15) is 4.31 Å². The van der Waals surface area contributed by atoms with E-state index in [0.717, 1.165) is 12.8 Å². The van der Waals surface area contributed by atoms with Gasteiger partial charge in [0.1, 0.15) is 0 Å². The van der Waals surface area contributed by atoms with Gasteiger partial charge in [0, 0.05) is 37.2 Å². The van der Waals surface area contributed by atoms with Gasteiger partial charge in [0.15, 0.2) is 0 Å². The van der Waals surface area contributed by atoms with Crippen LogP contribution in [0.3, 0.4) is 0 Å². The number of nitrogens with zero attached hydrogens (tertiary/aromatic N) is 2. The zero-order chi connectivity index (χ0) is 18.7. The zero-order valence-corrected chi connectivity index (χ0v) is 15.7. The fraction of sp³-hybridized carbons (Fsp3) is 0.500. The highest BCUT2D eigenvalue weighted by Gasteiger charge is 2.29. The predicted octanol–water partition coefficient (Wildman–Crippen LogP) is 0.634. The highest BCUT2D eigenvalue weighted by Crippen LogP contribution is 2.21. The van der Waals surface area contributed by atoms with E-state index in [9.17, 15) is 18.0 Å². The Morgan fingerprint density at radius 3 is 2.46 bits per heavy atom. The number of hydrogen-bond donors (Lipinski definition) is 2. The highest BCUT2D eigenvalue weighted by molar-refractivity contribution is 7.89. The van der Waals surface area contributed by atoms with Crippen LogP contribution in [0, 0.1) is 0 Å². The minimum Gasteiger partial charge on any atom is -0.335 e. The van der Waals surface area contributed by atoms with E-state index in [1.165, 1.54) is 16.4 Å². The molecule has 0 radical (unpaired) electrons. The minimum atomic E-state index is -3.60. The third-order valence-corrected chi connectivity index (χ3v) is 6.43. The molecule has 3 amide bonds. The van der Waals surface area contributed by atoms with Crippen molar-refractivity contribution >= 4 is 33.6 Å². The monoisotopic (exact) mass is 400 g/mol. The Labute approximate surface area is 157 Å². The molecule has 1 aromatic rings. The van der Waals surface area contributed by atoms with Crippen LogP contribution in [0.5, 0.6) is 0 Å². The molecule has 0 unspecified atom stereocenters. The third-order valence-electron chi connectivity index (χ3n) is 4.30. The average molecular weight is 401 g/mol. The molecule has 0 bridgehead atoms. The summed E-state index contributed by atoms with van der Waals surface area (Å²) in [6.07, 6.45) is 1.90. The molecule has 2 N–H and O–H groups in total. The molecule has 1 aliphatic carbocycles. The van der Waals surface area contributed by atoms with Crippen LogP contribution in [-0.2, 0) is 14.8 Å². The maximum Gasteiger partial charge on any atom is 0.321 e. The summed E-state index contributed by atoms with van der Waals surface area (Å²) in [5.41, 5.74) is 0. The molecule has 142 valence electrons. The van der Waals surface area contributed by atoms with Crippen LogP contribution < -0.4 is 10.6 Å². The summed E-state index contributed by atoms with van der Waals surface area (Å²) in [5.74, 6) is -0.394. The number of halogens is 1. The van der Waals surface area contributed by atoms with Gasteiger partial charge in [-0.3, -0.25) is 15.0 Å². The first-order valence-electron chi connectivity index (χ1n) is 8.43. The van der Waals surface area contributed by atoms with Crippen LogP contribution >= 0.6 is 11.6 Å². The summed E-state index contributed by atoms with van der Waals surface area (Å²) in [6.45, 7) is 1.44. The summed E-state index contributed by atoms with van der Waals surface area (Å²) >= 11 is 5.88. The molecule has 1 heterocycles. The second-order valence-corrected chi connectivity index (χ2v) is 8.81. The average Bonchev–Trinajstić information content (AvgIpc) is 3.39. The van der Waals surface area contributed by atoms with Crippen molar-refractivity contribution in [2.75, 3.05) is 32.7 Å². The fourth-order valence-electron chi connectivity index (χ4n) is 2.72. The number of carbonyl (C=O) groups is 2. The molecule has 0 aromatic heterocycles. The number of sulfonamides is 1. The summed E-state index contributed by atoms with van der Waals surface area (Å²) in [5, 5.41) is 5.35. The number of hydrogen-bond acceptors (Lipinski definition) is 5. The summed E-state index contributed by atoms with van der Waals surface area (Å²) in [7, 11) is -3.60. The minimum absolute atomic E-state index is 0.0587. The Hall–Kier alpha value is -1.68. The number of rotatable bonds is 5. The maximum atomic E-state index is 12.6. The van der Waals surface area contributed by atoms with E-state index >= 15 is 0 Å². The number of imide groups is 1. The van der Waals surface area contributed by atoms with Gasteiger partial charge in [0.05, 0.1) is 11.4 Å². The van der Waals surface area contributed by atoms with Crippen LogP contribution in [0.1, 0.15) is 12.8 Å². The lowest BCUT2D eigenvalue weighted by Gasteiger charge is -2.33. The van der Waals surface area contributed by atoms with Gasteiger partial charge < -0.3 is 5.32 Å². The van der Waals surface area contributed by atoms with Crippen molar-refractivity contribution in [3.63, 3.8) is 0 Å². The topological polar surface area (TPSA) is 98.8 Å². The molecular formula is C16H21ClN4O4S. The number of amides is 3. The Bertz CT molecular complexity index is 789. The van der Waals surface area contributed by atoms with Crippen LogP contribution in [0.25, 0.3) is 0 Å². The smallest absolute Gasteiger partial charge is 0.321 e. The molecule has 10 heteroatoms. The molecule has 0 spiro atoms. The van der Waals surface area contributed by atoms with E-state index in [2.05, 4.69) is 10.6 Å². The summed E-state index contributed by atoms with van der Waals surface area (Å²) in [4.78, 5) is 25.4. The van der Waals surface area contributed by atoms with Crippen LogP contribution in [0.4, 0.5) is 4.79 Å². The van der Waals surface area contributed by atoms with Crippen LogP contribution in [0.2, 0.25) is 5.02 Å². The van der Waals surface area contributed by atoms with Crippen molar-refractivity contribution in [3.8, 4) is 0 Å². The summed E-state index contributed by atoms with van der Waals surface area (Å²) in [6, 6.07) is 5.87. The van der Waals surface area contributed by atoms with Crippen molar-refractivity contribution in [3.05, 3.63) is 29.3 Å². The standard InChI is InChI=1S/C16H21ClN4O4S/c17-12-2-1-3-14(10-12)26(24,25)21-8-6-20(7-9-21)11-15(22)19-16(23)18-13-4-5-13/h1-3,10,13H,4-9,11H2,(H2,18,19,22,23). The number of nitrogens with one attached hydrogen (secondary N) is 2. The van der Waals surface area contributed by atoms with Gasteiger partial charge in [-0.15, -0.1) is 0 Å². The zero-order valence-electron chi connectivity index (χ0n) is 14.2. The molecule has 3 rings (SSSR count). The summed E-state index contributed by atoms with van der Waals surface area (Å²) < 4.78 is 26.7. The fourth-order valence-corrected chi connectivity index (χ4v) is 4.45. The second-order valence-electron chi connectivity index (χ2n) is 6.43. The quantitative estimate of drug-likeness (QED) is 0.755. The lowest BCUT2D eigenvalue weighted by atomic mass is 10.3. The van der Waals surface area contributed by atoms with E-state index in [1.807, 2.05) is 4.90 Å². The van der Waals surface area contributed by atoms with Gasteiger partial charge in [0.2, 0.25) is 15.9 Å². The van der Waals surface area contributed by atoms with E-state index in [0.29, 0.717) is 18.1 Å². The van der Waals surface area contributed by atoms with Crippen molar-refractivity contribution < 1.29 is 18.0 Å². The highest BCUT2D eigenvalue weighted by atomic mass is 35.5. The molecule has 1 saturated carbocycles. The Morgan fingerprint density at radius 2 is 1.85 bits per heavy atom. The molecule has 1 aliphatic heterocycles. The van der Waals surface area contributed by atoms with Crippen molar-refractivity contribution in [1.82, 2.24) is 19.8 Å². The number of urea groups is 1. The van der Waals surface area contributed by atoms with E-state index < -0.39 is 22.0 Å². The molecule has 26 heavy (non-hydrogen) atoms. The van der Waals surface area contributed by atoms with Gasteiger partial charge in [-0.1, -0.05) is 17.7 Å². The van der Waals surface area contributed by atoms with Crippen molar-refractivity contribution in [1.29, 1.82) is 0 Å². The Kier molecular flexibility index (Phi) is 5.81. The molecular weight excluding hydrogens is 380 g/mol.